The van der Waals surface area contributed by atoms with E-state index in [4.69, 9.17) is 11.0 Å². The number of nitriles is 1. The van der Waals surface area contributed by atoms with Crippen molar-refractivity contribution in [2.75, 3.05) is 17.2 Å². The number of rotatable bonds is 5. The normalized spacial score (nSPS) is 10.0. The topological polar surface area (TPSA) is 78.8 Å². The van der Waals surface area contributed by atoms with Gasteiger partial charge in [0.2, 0.25) is 0 Å². The first-order valence-corrected chi connectivity index (χ1v) is 6.92. The predicted molar refractivity (Wildman–Crippen MR) is 81.9 cm³/mol. The Balaban J connectivity index is 2.25. The molecule has 6 heteroatoms. The zero-order valence-electron chi connectivity index (χ0n) is 10.8. The third kappa shape index (κ3) is 3.68. The number of nitrogens with two attached hydrogens (primary N) is 1. The van der Waals surface area contributed by atoms with Crippen molar-refractivity contribution in [2.24, 2.45) is 0 Å². The van der Waals surface area contributed by atoms with Crippen LogP contribution in [-0.4, -0.2) is 16.5 Å². The Hall–Kier alpha value is -2.13. The summed E-state index contributed by atoms with van der Waals surface area (Å²) >= 11 is 3.34. The van der Waals surface area contributed by atoms with E-state index in [9.17, 15) is 0 Å². The Bertz CT molecular complexity index is 609. The van der Waals surface area contributed by atoms with E-state index in [1.165, 1.54) is 0 Å². The SMILES string of the molecule is N#CCCN(Cc1cccnc1)c1ncc(Br)cc1N. The second-order valence-corrected chi connectivity index (χ2v) is 5.17. The van der Waals surface area contributed by atoms with Crippen LogP contribution in [0.1, 0.15) is 12.0 Å². The molecule has 0 saturated heterocycles. The van der Waals surface area contributed by atoms with Crippen molar-refractivity contribution < 1.29 is 0 Å². The predicted octanol–water partition coefficient (Wildman–Crippen LogP) is 2.74. The lowest BCUT2D eigenvalue weighted by atomic mass is 10.2. The number of nitrogen functional groups attached to an aromatic ring is 1. The van der Waals surface area contributed by atoms with Crippen LogP contribution in [0.5, 0.6) is 0 Å². The zero-order chi connectivity index (χ0) is 14.4. The minimum absolute atomic E-state index is 0.414. The Morgan fingerprint density at radius 2 is 2.25 bits per heavy atom. The van der Waals surface area contributed by atoms with Crippen molar-refractivity contribution in [3.63, 3.8) is 0 Å². The largest absolute Gasteiger partial charge is 0.396 e. The van der Waals surface area contributed by atoms with Crippen LogP contribution in [-0.2, 0) is 6.54 Å². The van der Waals surface area contributed by atoms with Crippen molar-refractivity contribution in [1.29, 1.82) is 5.26 Å². The molecule has 0 aromatic carbocycles. The molecule has 2 N–H and O–H groups in total. The molecule has 0 unspecified atom stereocenters. The third-order valence-electron chi connectivity index (χ3n) is 2.75. The maximum Gasteiger partial charge on any atom is 0.152 e. The highest BCUT2D eigenvalue weighted by atomic mass is 79.9. The van der Waals surface area contributed by atoms with Crippen molar-refractivity contribution >= 4 is 27.4 Å². The van der Waals surface area contributed by atoms with Gasteiger partial charge in [0, 0.05) is 36.2 Å². The number of hydrogen-bond acceptors (Lipinski definition) is 5. The lowest BCUT2D eigenvalue weighted by Crippen LogP contribution is -2.25. The molecule has 20 heavy (non-hydrogen) atoms. The molecule has 0 atom stereocenters. The summed E-state index contributed by atoms with van der Waals surface area (Å²) in [5.41, 5.74) is 7.65. The molecule has 2 aromatic rings. The van der Waals surface area contributed by atoms with Gasteiger partial charge in [0.15, 0.2) is 5.82 Å². The number of anilines is 2. The smallest absolute Gasteiger partial charge is 0.152 e. The molecule has 0 radical (unpaired) electrons. The van der Waals surface area contributed by atoms with E-state index in [0.717, 1.165) is 10.0 Å². The molecule has 0 aliphatic carbocycles. The van der Waals surface area contributed by atoms with E-state index in [0.29, 0.717) is 31.0 Å². The van der Waals surface area contributed by atoms with Crippen LogP contribution in [0.15, 0.2) is 41.3 Å². The monoisotopic (exact) mass is 331 g/mol. The molecule has 0 aliphatic rings. The van der Waals surface area contributed by atoms with Gasteiger partial charge >= 0.3 is 0 Å². The lowest BCUT2D eigenvalue weighted by Gasteiger charge is -2.24. The van der Waals surface area contributed by atoms with E-state index in [-0.39, 0.29) is 0 Å². The second-order valence-electron chi connectivity index (χ2n) is 4.26. The second kappa shape index (κ2) is 6.87. The van der Waals surface area contributed by atoms with E-state index in [1.807, 2.05) is 23.1 Å². The fraction of sp³-hybridized carbons (Fsp3) is 0.214. The first kappa shape index (κ1) is 14.3. The molecule has 0 saturated carbocycles. The summed E-state index contributed by atoms with van der Waals surface area (Å²) in [6.07, 6.45) is 5.65. The quantitative estimate of drug-likeness (QED) is 0.911. The fourth-order valence-electron chi connectivity index (χ4n) is 1.87. The van der Waals surface area contributed by atoms with Crippen molar-refractivity contribution in [1.82, 2.24) is 9.97 Å². The lowest BCUT2D eigenvalue weighted by molar-refractivity contribution is 0.781. The third-order valence-corrected chi connectivity index (χ3v) is 3.18. The van der Waals surface area contributed by atoms with Crippen molar-refractivity contribution in [2.45, 2.75) is 13.0 Å². The molecular weight excluding hydrogens is 318 g/mol. The molecule has 0 bridgehead atoms. The van der Waals surface area contributed by atoms with Crippen LogP contribution >= 0.6 is 15.9 Å². The molecule has 0 fully saturated rings. The molecule has 2 aromatic heterocycles. The Labute approximate surface area is 126 Å². The molecular formula is C14H14BrN5. The summed E-state index contributed by atoms with van der Waals surface area (Å²) in [7, 11) is 0. The van der Waals surface area contributed by atoms with Gasteiger partial charge in [-0.15, -0.1) is 0 Å². The first-order chi connectivity index (χ1) is 9.70. The number of halogens is 1. The standard InChI is InChI=1S/C14H14BrN5/c15-12-7-13(17)14(19-9-12)20(6-2-4-16)10-11-3-1-5-18-8-11/h1,3,5,7-9H,2,6,10,17H2. The fourth-order valence-corrected chi connectivity index (χ4v) is 2.22. The summed E-state index contributed by atoms with van der Waals surface area (Å²) < 4.78 is 0.834. The summed E-state index contributed by atoms with van der Waals surface area (Å²) in [4.78, 5) is 10.4. The Morgan fingerprint density at radius 3 is 2.90 bits per heavy atom. The van der Waals surface area contributed by atoms with Crippen LogP contribution in [0.4, 0.5) is 11.5 Å². The van der Waals surface area contributed by atoms with Crippen molar-refractivity contribution in [3.8, 4) is 6.07 Å². The molecule has 5 nitrogen and oxygen atoms in total. The Kier molecular flexibility index (Phi) is 4.91. The number of nitrogens with zero attached hydrogens (tertiary/aromatic N) is 4. The first-order valence-electron chi connectivity index (χ1n) is 6.12. The van der Waals surface area contributed by atoms with Gasteiger partial charge in [-0.2, -0.15) is 5.26 Å². The number of pyridine rings is 2. The zero-order valence-corrected chi connectivity index (χ0v) is 12.4. The van der Waals surface area contributed by atoms with Gasteiger partial charge in [0.1, 0.15) is 0 Å². The van der Waals surface area contributed by atoms with Crippen LogP contribution < -0.4 is 10.6 Å². The van der Waals surface area contributed by atoms with Gasteiger partial charge in [-0.25, -0.2) is 4.98 Å². The molecule has 2 rings (SSSR count). The highest BCUT2D eigenvalue weighted by molar-refractivity contribution is 9.10. The molecule has 2 heterocycles. The molecule has 0 spiro atoms. The van der Waals surface area contributed by atoms with Gasteiger partial charge in [-0.1, -0.05) is 6.07 Å². The van der Waals surface area contributed by atoms with Crippen LogP contribution in [0, 0.1) is 11.3 Å². The highest BCUT2D eigenvalue weighted by Gasteiger charge is 2.12. The van der Waals surface area contributed by atoms with E-state index < -0.39 is 0 Å². The average Bonchev–Trinajstić information content (AvgIpc) is 2.45. The average molecular weight is 332 g/mol. The molecule has 0 aliphatic heterocycles. The van der Waals surface area contributed by atoms with Gasteiger partial charge < -0.3 is 10.6 Å². The Morgan fingerprint density at radius 1 is 1.40 bits per heavy atom. The van der Waals surface area contributed by atoms with Crippen LogP contribution in [0.25, 0.3) is 0 Å². The van der Waals surface area contributed by atoms with Crippen LogP contribution in [0.3, 0.4) is 0 Å². The minimum atomic E-state index is 0.414. The van der Waals surface area contributed by atoms with E-state index >= 15 is 0 Å². The van der Waals surface area contributed by atoms with Crippen LogP contribution in [0.2, 0.25) is 0 Å². The maximum atomic E-state index is 8.79. The van der Waals surface area contributed by atoms with E-state index in [2.05, 4.69) is 32.0 Å². The summed E-state index contributed by atoms with van der Waals surface area (Å²) in [5.74, 6) is 0.687. The number of hydrogen-bond donors (Lipinski definition) is 1. The van der Waals surface area contributed by atoms with E-state index in [1.54, 1.807) is 18.6 Å². The maximum absolute atomic E-state index is 8.79. The summed E-state index contributed by atoms with van der Waals surface area (Å²) in [5, 5.41) is 8.79. The summed E-state index contributed by atoms with van der Waals surface area (Å²) in [6.45, 7) is 1.19. The summed E-state index contributed by atoms with van der Waals surface area (Å²) in [6, 6.07) is 7.83. The number of aromatic nitrogens is 2. The van der Waals surface area contributed by atoms with Gasteiger partial charge in [-0.05, 0) is 33.6 Å². The van der Waals surface area contributed by atoms with Crippen molar-refractivity contribution in [3.05, 3.63) is 46.8 Å². The van der Waals surface area contributed by atoms with Gasteiger partial charge in [0.25, 0.3) is 0 Å². The van der Waals surface area contributed by atoms with Gasteiger partial charge in [0.05, 0.1) is 18.2 Å². The highest BCUT2D eigenvalue weighted by Crippen LogP contribution is 2.25. The molecule has 0 amide bonds. The minimum Gasteiger partial charge on any atom is -0.396 e. The molecule has 102 valence electrons. The van der Waals surface area contributed by atoms with Gasteiger partial charge in [-0.3, -0.25) is 4.98 Å².